The molecule has 5 nitrogen and oxygen atoms in total. The van der Waals surface area contributed by atoms with Gasteiger partial charge in [-0.15, -0.1) is 0 Å². The highest BCUT2D eigenvalue weighted by Gasteiger charge is 2.33. The molecule has 1 aromatic carbocycles. The number of anilines is 1. The van der Waals surface area contributed by atoms with Crippen LogP contribution in [0.15, 0.2) is 24.3 Å². The largest absolute Gasteiger partial charge is 0.480 e. The molecule has 0 fully saturated rings. The monoisotopic (exact) mass is 227 g/mol. The number of hydrogen-bond donors (Lipinski definition) is 1. The van der Waals surface area contributed by atoms with Gasteiger partial charge in [-0.25, -0.2) is 8.42 Å². The van der Waals surface area contributed by atoms with Gasteiger partial charge in [0.05, 0.1) is 11.4 Å². The second-order valence-corrected chi connectivity index (χ2v) is 5.18. The van der Waals surface area contributed by atoms with E-state index < -0.39 is 22.5 Å². The van der Waals surface area contributed by atoms with Crippen molar-refractivity contribution in [2.75, 3.05) is 10.8 Å². The van der Waals surface area contributed by atoms with Crippen molar-refractivity contribution in [2.24, 2.45) is 0 Å². The van der Waals surface area contributed by atoms with E-state index in [1.807, 2.05) is 0 Å². The minimum atomic E-state index is -3.49. The maximum absolute atomic E-state index is 11.6. The van der Waals surface area contributed by atoms with Gasteiger partial charge in [-0.3, -0.25) is 9.10 Å². The third-order valence-corrected chi connectivity index (χ3v) is 3.89. The topological polar surface area (TPSA) is 74.7 Å². The van der Waals surface area contributed by atoms with Crippen LogP contribution in [0.25, 0.3) is 0 Å². The van der Waals surface area contributed by atoms with Crippen LogP contribution >= 0.6 is 0 Å². The Bertz CT molecular complexity index is 509. The van der Waals surface area contributed by atoms with Gasteiger partial charge in [-0.2, -0.15) is 0 Å². The fourth-order valence-electron chi connectivity index (χ4n) is 1.61. The van der Waals surface area contributed by atoms with Crippen molar-refractivity contribution in [2.45, 2.75) is 5.75 Å². The Morgan fingerprint density at radius 3 is 2.73 bits per heavy atom. The molecule has 0 amide bonds. The molecule has 0 saturated heterocycles. The summed E-state index contributed by atoms with van der Waals surface area (Å²) in [6.07, 6.45) is 0. The number of carbonyl (C=O) groups is 1. The fourth-order valence-corrected chi connectivity index (χ4v) is 3.18. The molecule has 0 spiro atoms. The van der Waals surface area contributed by atoms with Crippen LogP contribution in [0, 0.1) is 0 Å². The molecule has 6 heteroatoms. The highest BCUT2D eigenvalue weighted by atomic mass is 32.2. The first-order valence-electron chi connectivity index (χ1n) is 4.31. The van der Waals surface area contributed by atoms with Crippen molar-refractivity contribution in [3.05, 3.63) is 29.8 Å². The first-order chi connectivity index (χ1) is 7.00. The molecular weight excluding hydrogens is 218 g/mol. The number of fused-ring (bicyclic) bond motifs is 1. The molecule has 1 N–H and O–H groups in total. The summed E-state index contributed by atoms with van der Waals surface area (Å²) < 4.78 is 24.2. The SMILES string of the molecule is O=C(O)CN1c2ccccc2CS1(=O)=O. The first kappa shape index (κ1) is 9.97. The molecule has 1 aliphatic heterocycles. The second kappa shape index (κ2) is 3.23. The molecule has 1 aliphatic rings. The summed E-state index contributed by atoms with van der Waals surface area (Å²) in [7, 11) is -3.49. The smallest absolute Gasteiger partial charge is 0.324 e. The summed E-state index contributed by atoms with van der Waals surface area (Å²) in [6, 6.07) is 6.73. The molecular formula is C9H9NO4S. The van der Waals surface area contributed by atoms with Gasteiger partial charge in [0.25, 0.3) is 0 Å². The molecule has 2 rings (SSSR count). The van der Waals surface area contributed by atoms with Crippen molar-refractivity contribution in [1.82, 2.24) is 0 Å². The number of carboxylic acid groups (broad SMARTS) is 1. The van der Waals surface area contributed by atoms with E-state index in [9.17, 15) is 13.2 Å². The van der Waals surface area contributed by atoms with Crippen molar-refractivity contribution >= 4 is 21.7 Å². The quantitative estimate of drug-likeness (QED) is 0.794. The zero-order valence-electron chi connectivity index (χ0n) is 7.75. The Hall–Kier alpha value is -1.56. The minimum Gasteiger partial charge on any atom is -0.480 e. The Morgan fingerprint density at radius 1 is 1.40 bits per heavy atom. The fraction of sp³-hybridized carbons (Fsp3) is 0.222. The maximum Gasteiger partial charge on any atom is 0.324 e. The Labute approximate surface area is 87.0 Å². The standard InChI is InChI=1S/C9H9NO4S/c11-9(12)5-10-8-4-2-1-3-7(8)6-15(10,13)14/h1-4H,5-6H2,(H,11,12). The van der Waals surface area contributed by atoms with Crippen LogP contribution in [0.5, 0.6) is 0 Å². The van der Waals surface area contributed by atoms with E-state index in [1.165, 1.54) is 0 Å². The zero-order chi connectivity index (χ0) is 11.1. The van der Waals surface area contributed by atoms with Crippen LogP contribution < -0.4 is 4.31 Å². The van der Waals surface area contributed by atoms with Gasteiger partial charge >= 0.3 is 5.97 Å². The molecule has 0 aromatic heterocycles. The van der Waals surface area contributed by atoms with Crippen molar-refractivity contribution in [3.8, 4) is 0 Å². The molecule has 80 valence electrons. The number of carboxylic acids is 1. The van der Waals surface area contributed by atoms with E-state index in [1.54, 1.807) is 24.3 Å². The summed E-state index contributed by atoms with van der Waals surface area (Å²) in [5.74, 6) is -1.27. The highest BCUT2D eigenvalue weighted by molar-refractivity contribution is 7.92. The van der Waals surface area contributed by atoms with Crippen LogP contribution in [-0.4, -0.2) is 26.0 Å². The summed E-state index contributed by atoms with van der Waals surface area (Å²) in [4.78, 5) is 10.5. The van der Waals surface area contributed by atoms with Crippen LogP contribution in [0.1, 0.15) is 5.56 Å². The average molecular weight is 227 g/mol. The molecule has 1 aromatic rings. The number of benzene rings is 1. The van der Waals surface area contributed by atoms with Crippen LogP contribution in [0.3, 0.4) is 0 Å². The van der Waals surface area contributed by atoms with Gasteiger partial charge < -0.3 is 5.11 Å². The number of hydrogen-bond acceptors (Lipinski definition) is 3. The van der Waals surface area contributed by atoms with E-state index in [0.29, 0.717) is 11.3 Å². The molecule has 0 bridgehead atoms. The molecule has 0 aliphatic carbocycles. The molecule has 1 heterocycles. The lowest BCUT2D eigenvalue weighted by Crippen LogP contribution is -2.32. The molecule has 15 heavy (non-hydrogen) atoms. The van der Waals surface area contributed by atoms with Gasteiger partial charge in [-0.1, -0.05) is 18.2 Å². The van der Waals surface area contributed by atoms with Crippen molar-refractivity contribution in [1.29, 1.82) is 0 Å². The maximum atomic E-state index is 11.6. The van der Waals surface area contributed by atoms with Gasteiger partial charge in [0.2, 0.25) is 10.0 Å². The predicted molar refractivity (Wildman–Crippen MR) is 54.0 cm³/mol. The van der Waals surface area contributed by atoms with Gasteiger partial charge in [-0.05, 0) is 11.6 Å². The van der Waals surface area contributed by atoms with Crippen LogP contribution in [-0.2, 0) is 20.6 Å². The zero-order valence-corrected chi connectivity index (χ0v) is 8.57. The number of sulfonamides is 1. The minimum absolute atomic E-state index is 0.115. The molecule has 0 unspecified atom stereocenters. The average Bonchev–Trinajstić information content (AvgIpc) is 2.37. The summed E-state index contributed by atoms with van der Waals surface area (Å²) in [5.41, 5.74) is 1.12. The van der Waals surface area contributed by atoms with Crippen LogP contribution in [0.2, 0.25) is 0 Å². The number of nitrogens with zero attached hydrogens (tertiary/aromatic N) is 1. The van der Waals surface area contributed by atoms with Gasteiger partial charge in [0.1, 0.15) is 6.54 Å². The van der Waals surface area contributed by atoms with Crippen molar-refractivity contribution < 1.29 is 18.3 Å². The Kier molecular flexibility index (Phi) is 2.15. The van der Waals surface area contributed by atoms with E-state index in [0.717, 1.165) is 4.31 Å². The lowest BCUT2D eigenvalue weighted by atomic mass is 10.2. The lowest BCUT2D eigenvalue weighted by Gasteiger charge is -2.15. The number of para-hydroxylation sites is 1. The lowest BCUT2D eigenvalue weighted by molar-refractivity contribution is -0.135. The molecule has 0 atom stereocenters. The van der Waals surface area contributed by atoms with E-state index >= 15 is 0 Å². The predicted octanol–water partition coefficient (Wildman–Crippen LogP) is 0.421. The van der Waals surface area contributed by atoms with Crippen molar-refractivity contribution in [3.63, 3.8) is 0 Å². The van der Waals surface area contributed by atoms with Gasteiger partial charge in [0.15, 0.2) is 0 Å². The molecule has 0 saturated carbocycles. The second-order valence-electron chi connectivity index (χ2n) is 3.29. The van der Waals surface area contributed by atoms with E-state index in [-0.39, 0.29) is 5.75 Å². The summed E-state index contributed by atoms with van der Waals surface area (Å²) in [6.45, 7) is -0.515. The summed E-state index contributed by atoms with van der Waals surface area (Å²) in [5, 5.41) is 8.63. The highest BCUT2D eigenvalue weighted by Crippen LogP contribution is 2.32. The summed E-state index contributed by atoms with van der Waals surface area (Å²) >= 11 is 0. The van der Waals surface area contributed by atoms with Gasteiger partial charge in [0, 0.05) is 0 Å². The van der Waals surface area contributed by atoms with E-state index in [2.05, 4.69) is 0 Å². The van der Waals surface area contributed by atoms with E-state index in [4.69, 9.17) is 5.11 Å². The third-order valence-electron chi connectivity index (χ3n) is 2.21. The third kappa shape index (κ3) is 1.68. The normalized spacial score (nSPS) is 17.5. The number of aliphatic carboxylic acids is 1. The Morgan fingerprint density at radius 2 is 2.07 bits per heavy atom. The first-order valence-corrected chi connectivity index (χ1v) is 5.92. The Balaban J connectivity index is 2.48. The molecule has 0 radical (unpaired) electrons. The van der Waals surface area contributed by atoms with Crippen LogP contribution in [0.4, 0.5) is 5.69 Å². The number of rotatable bonds is 2.